The number of carbonyl (C=O) groups excluding carboxylic acids is 1. The van der Waals surface area contributed by atoms with Crippen molar-refractivity contribution in [1.82, 2.24) is 0 Å². The minimum absolute atomic E-state index is 0.00866. The second kappa shape index (κ2) is 6.40. The van der Waals surface area contributed by atoms with Crippen molar-refractivity contribution in [2.45, 2.75) is 6.42 Å². The molecule has 0 radical (unpaired) electrons. The lowest BCUT2D eigenvalue weighted by Gasteiger charge is -2.20. The van der Waals surface area contributed by atoms with Crippen LogP contribution in [-0.2, 0) is 9.47 Å². The Bertz CT molecular complexity index is 457. The molecule has 0 N–H and O–H groups in total. The smallest absolute Gasteiger partial charge is 0.188 e. The van der Waals surface area contributed by atoms with E-state index in [-0.39, 0.29) is 19.4 Å². The summed E-state index contributed by atoms with van der Waals surface area (Å²) >= 11 is 0. The zero-order valence-corrected chi connectivity index (χ0v) is 10.9. The molecule has 0 amide bonds. The van der Waals surface area contributed by atoms with Crippen molar-refractivity contribution in [2.24, 2.45) is 0 Å². The molecular formula is C13H16O6. The Kier molecular flexibility index (Phi) is 4.59. The number of Topliss-reactive ketones (excluding diaryl/α,β-unsaturated/α-hetero) is 1. The number of carbonyl (C=O) groups is 1. The van der Waals surface area contributed by atoms with E-state index in [1.54, 1.807) is 12.1 Å². The molecule has 0 unspecified atom stereocenters. The average molecular weight is 268 g/mol. The predicted molar refractivity (Wildman–Crippen MR) is 65.9 cm³/mol. The van der Waals surface area contributed by atoms with Crippen LogP contribution in [0.25, 0.3) is 0 Å². The summed E-state index contributed by atoms with van der Waals surface area (Å²) < 4.78 is 25.9. The third kappa shape index (κ3) is 3.15. The Hall–Kier alpha value is -1.79. The number of hydrogen-bond donors (Lipinski definition) is 0. The van der Waals surface area contributed by atoms with Gasteiger partial charge in [0.1, 0.15) is 22.8 Å². The summed E-state index contributed by atoms with van der Waals surface area (Å²) in [5, 5.41) is 0. The van der Waals surface area contributed by atoms with Crippen LogP contribution in [0.1, 0.15) is 16.8 Å². The second-order valence-corrected chi connectivity index (χ2v) is 3.92. The van der Waals surface area contributed by atoms with E-state index in [9.17, 15) is 4.79 Å². The number of fused-ring (bicyclic) bond motifs is 1. The van der Waals surface area contributed by atoms with Gasteiger partial charge in [0.05, 0.1) is 6.61 Å². The van der Waals surface area contributed by atoms with Crippen molar-refractivity contribution < 1.29 is 28.5 Å². The fourth-order valence-electron chi connectivity index (χ4n) is 1.78. The van der Waals surface area contributed by atoms with Gasteiger partial charge >= 0.3 is 0 Å². The van der Waals surface area contributed by atoms with Crippen LogP contribution in [0.3, 0.4) is 0 Å². The van der Waals surface area contributed by atoms with Gasteiger partial charge in [-0.25, -0.2) is 0 Å². The maximum absolute atomic E-state index is 11.9. The first kappa shape index (κ1) is 13.6. The van der Waals surface area contributed by atoms with E-state index in [0.717, 1.165) is 0 Å². The second-order valence-electron chi connectivity index (χ2n) is 3.92. The largest absolute Gasteiger partial charge is 0.492 e. The van der Waals surface area contributed by atoms with Gasteiger partial charge in [-0.05, 0) is 0 Å². The zero-order chi connectivity index (χ0) is 13.7. The highest BCUT2D eigenvalue weighted by molar-refractivity contribution is 6.02. The van der Waals surface area contributed by atoms with Gasteiger partial charge in [0, 0.05) is 32.8 Å². The molecule has 0 fully saturated rings. The average Bonchev–Trinajstić information content (AvgIpc) is 2.42. The van der Waals surface area contributed by atoms with E-state index in [1.807, 2.05) is 0 Å². The van der Waals surface area contributed by atoms with Gasteiger partial charge in [-0.1, -0.05) is 0 Å². The van der Waals surface area contributed by atoms with Crippen LogP contribution >= 0.6 is 0 Å². The molecule has 1 heterocycles. The number of ketones is 1. The Labute approximate surface area is 111 Å². The molecule has 0 saturated heterocycles. The molecule has 6 heteroatoms. The fourth-order valence-corrected chi connectivity index (χ4v) is 1.78. The van der Waals surface area contributed by atoms with Gasteiger partial charge in [-0.2, -0.15) is 0 Å². The first-order valence-corrected chi connectivity index (χ1v) is 5.83. The molecule has 19 heavy (non-hydrogen) atoms. The molecule has 2 rings (SSSR count). The van der Waals surface area contributed by atoms with Crippen LogP contribution in [0.2, 0.25) is 0 Å². The van der Waals surface area contributed by atoms with E-state index in [4.69, 9.17) is 23.7 Å². The van der Waals surface area contributed by atoms with Gasteiger partial charge in [0.15, 0.2) is 19.4 Å². The molecular weight excluding hydrogens is 252 g/mol. The Morgan fingerprint density at radius 1 is 1.16 bits per heavy atom. The van der Waals surface area contributed by atoms with Crippen molar-refractivity contribution in [3.05, 3.63) is 17.7 Å². The summed E-state index contributed by atoms with van der Waals surface area (Å²) in [6.45, 7) is 0.521. The SMILES string of the molecule is COCOc1cc2c(c(OCOC)c1)C(=O)CCO2. The van der Waals surface area contributed by atoms with Gasteiger partial charge in [-0.15, -0.1) is 0 Å². The predicted octanol–water partition coefficient (Wildman–Crippen LogP) is 1.62. The number of rotatable bonds is 6. The fraction of sp³-hybridized carbons (Fsp3) is 0.462. The molecule has 1 aromatic rings. The first-order valence-electron chi connectivity index (χ1n) is 5.83. The lowest BCUT2D eigenvalue weighted by Crippen LogP contribution is -2.17. The lowest BCUT2D eigenvalue weighted by atomic mass is 10.0. The number of ether oxygens (including phenoxy) is 5. The highest BCUT2D eigenvalue weighted by atomic mass is 16.7. The molecule has 0 aliphatic carbocycles. The topological polar surface area (TPSA) is 63.2 Å². The zero-order valence-electron chi connectivity index (χ0n) is 10.9. The van der Waals surface area contributed by atoms with Crippen LogP contribution < -0.4 is 14.2 Å². The summed E-state index contributed by atoms with van der Waals surface area (Å²) in [7, 11) is 3.04. The Balaban J connectivity index is 2.33. The standard InChI is InChI=1S/C13H16O6/c1-15-7-18-9-5-11-13(10(14)3-4-17-11)12(6-9)19-8-16-2/h5-6H,3-4,7-8H2,1-2H3. The first-order chi connectivity index (χ1) is 9.26. The maximum Gasteiger partial charge on any atom is 0.188 e. The molecule has 0 saturated carbocycles. The number of benzene rings is 1. The summed E-state index contributed by atoms with van der Waals surface area (Å²) in [4.78, 5) is 11.9. The van der Waals surface area contributed by atoms with Crippen LogP contribution in [-0.4, -0.2) is 40.2 Å². The molecule has 104 valence electrons. The van der Waals surface area contributed by atoms with Gasteiger partial charge < -0.3 is 23.7 Å². The van der Waals surface area contributed by atoms with Crippen LogP contribution in [0, 0.1) is 0 Å². The molecule has 1 aliphatic heterocycles. The highest BCUT2D eigenvalue weighted by Crippen LogP contribution is 2.37. The Morgan fingerprint density at radius 3 is 2.63 bits per heavy atom. The van der Waals surface area contributed by atoms with Gasteiger partial charge in [0.25, 0.3) is 0 Å². The van der Waals surface area contributed by atoms with E-state index >= 15 is 0 Å². The van der Waals surface area contributed by atoms with Crippen molar-refractivity contribution >= 4 is 5.78 Å². The van der Waals surface area contributed by atoms with Crippen molar-refractivity contribution in [3.8, 4) is 17.2 Å². The number of hydrogen-bond acceptors (Lipinski definition) is 6. The molecule has 0 spiro atoms. The van der Waals surface area contributed by atoms with Crippen LogP contribution in [0.5, 0.6) is 17.2 Å². The molecule has 1 aliphatic rings. The van der Waals surface area contributed by atoms with E-state index in [2.05, 4.69) is 0 Å². The minimum Gasteiger partial charge on any atom is -0.492 e. The van der Waals surface area contributed by atoms with Crippen molar-refractivity contribution in [1.29, 1.82) is 0 Å². The molecule has 0 atom stereocenters. The van der Waals surface area contributed by atoms with E-state index in [1.165, 1.54) is 14.2 Å². The third-order valence-electron chi connectivity index (χ3n) is 2.58. The van der Waals surface area contributed by atoms with Gasteiger partial charge in [0.2, 0.25) is 0 Å². The summed E-state index contributed by atoms with van der Waals surface area (Å²) in [5.41, 5.74) is 0.438. The third-order valence-corrected chi connectivity index (χ3v) is 2.58. The minimum atomic E-state index is -0.00866. The molecule has 6 nitrogen and oxygen atoms in total. The molecule has 0 aromatic heterocycles. The molecule has 0 bridgehead atoms. The monoisotopic (exact) mass is 268 g/mol. The Morgan fingerprint density at radius 2 is 1.89 bits per heavy atom. The van der Waals surface area contributed by atoms with Gasteiger partial charge in [-0.3, -0.25) is 4.79 Å². The summed E-state index contributed by atoms with van der Waals surface area (Å²) in [5.74, 6) is 1.37. The lowest BCUT2D eigenvalue weighted by molar-refractivity contribution is 0.0447. The van der Waals surface area contributed by atoms with E-state index in [0.29, 0.717) is 35.8 Å². The highest BCUT2D eigenvalue weighted by Gasteiger charge is 2.24. The summed E-state index contributed by atoms with van der Waals surface area (Å²) in [6, 6.07) is 3.29. The maximum atomic E-state index is 11.9. The normalized spacial score (nSPS) is 13.7. The van der Waals surface area contributed by atoms with Crippen LogP contribution in [0.4, 0.5) is 0 Å². The summed E-state index contributed by atoms with van der Waals surface area (Å²) in [6.07, 6.45) is 0.342. The van der Waals surface area contributed by atoms with Crippen molar-refractivity contribution in [2.75, 3.05) is 34.4 Å². The van der Waals surface area contributed by atoms with Crippen LogP contribution in [0.15, 0.2) is 12.1 Å². The quantitative estimate of drug-likeness (QED) is 0.730. The van der Waals surface area contributed by atoms with Crippen molar-refractivity contribution in [3.63, 3.8) is 0 Å². The molecule has 1 aromatic carbocycles. The van der Waals surface area contributed by atoms with E-state index < -0.39 is 0 Å². The number of methoxy groups -OCH3 is 2.